The average Bonchev–Trinajstić information content (AvgIpc) is 3.16. The molecule has 0 atom stereocenters. The Hall–Kier alpha value is -3.53. The van der Waals surface area contributed by atoms with Gasteiger partial charge in [-0.15, -0.1) is 0 Å². The molecule has 0 aliphatic carbocycles. The van der Waals surface area contributed by atoms with Crippen LogP contribution >= 0.6 is 0 Å². The number of nitrogens with zero attached hydrogens (tertiary/aromatic N) is 3. The Bertz CT molecular complexity index is 1080. The van der Waals surface area contributed by atoms with Gasteiger partial charge in [-0.25, -0.2) is 13.8 Å². The van der Waals surface area contributed by atoms with Crippen molar-refractivity contribution in [2.24, 2.45) is 10.7 Å². The van der Waals surface area contributed by atoms with Crippen molar-refractivity contribution in [2.75, 3.05) is 27.4 Å². The highest BCUT2D eigenvalue weighted by Crippen LogP contribution is 2.31. The summed E-state index contributed by atoms with van der Waals surface area (Å²) in [5.41, 5.74) is 7.87. The van der Waals surface area contributed by atoms with Gasteiger partial charge in [0.1, 0.15) is 5.65 Å². The number of aromatic amines is 1. The fourth-order valence-electron chi connectivity index (χ4n) is 2.96. The standard InChI is InChI=1S/C20H21F2N5O3/c1-29-19-16(21)15(17(22)20(27-19)30-2)6-12-10-26-18-14(12)5-11(9-25-18)13(7-23)8-24-3-4-28/h5,7-10,28H,3-4,6,23H2,1-2H3,(H,25,26). The highest BCUT2D eigenvalue weighted by atomic mass is 19.1. The van der Waals surface area contributed by atoms with Gasteiger partial charge < -0.3 is 25.3 Å². The van der Waals surface area contributed by atoms with Gasteiger partial charge in [0.15, 0.2) is 11.6 Å². The molecule has 3 aromatic heterocycles. The smallest absolute Gasteiger partial charge is 0.253 e. The zero-order valence-electron chi connectivity index (χ0n) is 16.4. The van der Waals surface area contributed by atoms with Crippen LogP contribution in [0.1, 0.15) is 16.7 Å². The number of methoxy groups -OCH3 is 2. The molecule has 3 rings (SSSR count). The number of halogens is 2. The number of allylic oxidation sites excluding steroid dienone is 1. The van der Waals surface area contributed by atoms with Crippen LogP contribution in [-0.2, 0) is 6.42 Å². The number of aromatic nitrogens is 3. The van der Waals surface area contributed by atoms with Gasteiger partial charge in [0, 0.05) is 53.3 Å². The van der Waals surface area contributed by atoms with E-state index in [0.717, 1.165) is 0 Å². The first-order valence-corrected chi connectivity index (χ1v) is 8.98. The molecule has 30 heavy (non-hydrogen) atoms. The molecule has 0 saturated carbocycles. The van der Waals surface area contributed by atoms with Crippen molar-refractivity contribution in [3.63, 3.8) is 0 Å². The zero-order valence-corrected chi connectivity index (χ0v) is 16.4. The van der Waals surface area contributed by atoms with Crippen molar-refractivity contribution < 1.29 is 23.4 Å². The predicted molar refractivity (Wildman–Crippen MR) is 109 cm³/mol. The molecule has 0 radical (unpaired) electrons. The normalized spacial score (nSPS) is 12.1. The van der Waals surface area contributed by atoms with Crippen molar-refractivity contribution in [3.05, 3.63) is 53.0 Å². The number of rotatable bonds is 8. The number of aliphatic imine (C=N–C) groups is 1. The van der Waals surface area contributed by atoms with Gasteiger partial charge in [-0.3, -0.25) is 4.99 Å². The number of H-pyrrole nitrogens is 1. The zero-order chi connectivity index (χ0) is 21.7. The molecule has 4 N–H and O–H groups in total. The second-order valence-corrected chi connectivity index (χ2v) is 6.23. The first-order chi connectivity index (χ1) is 14.5. The Morgan fingerprint density at radius 2 is 1.97 bits per heavy atom. The summed E-state index contributed by atoms with van der Waals surface area (Å²) in [5, 5.41) is 9.53. The molecule has 3 aromatic rings. The molecule has 0 aliphatic heterocycles. The molecule has 0 fully saturated rings. The number of ether oxygens (including phenoxy) is 2. The molecule has 0 unspecified atom stereocenters. The third-order valence-corrected chi connectivity index (χ3v) is 4.45. The second kappa shape index (κ2) is 9.31. The highest BCUT2D eigenvalue weighted by molar-refractivity contribution is 6.10. The molecule has 0 saturated heterocycles. The van der Waals surface area contributed by atoms with E-state index in [9.17, 15) is 8.78 Å². The fraction of sp³-hybridized carbons (Fsp3) is 0.250. The van der Waals surface area contributed by atoms with Gasteiger partial charge in [-0.1, -0.05) is 0 Å². The van der Waals surface area contributed by atoms with Crippen molar-refractivity contribution in [3.8, 4) is 11.8 Å². The number of nitrogens with two attached hydrogens (primary N) is 1. The first kappa shape index (κ1) is 21.2. The maximum atomic E-state index is 14.7. The molecular formula is C20H21F2N5O3. The first-order valence-electron chi connectivity index (χ1n) is 8.98. The summed E-state index contributed by atoms with van der Waals surface area (Å²) in [6.45, 7) is 0.163. The van der Waals surface area contributed by atoms with E-state index in [1.165, 1.54) is 26.6 Å². The van der Waals surface area contributed by atoms with Crippen LogP contribution in [0.4, 0.5) is 8.78 Å². The molecule has 8 nitrogen and oxygen atoms in total. The lowest BCUT2D eigenvalue weighted by molar-refractivity contribution is 0.307. The highest BCUT2D eigenvalue weighted by Gasteiger charge is 2.23. The van der Waals surface area contributed by atoms with Crippen LogP contribution in [0, 0.1) is 11.6 Å². The maximum Gasteiger partial charge on any atom is 0.253 e. The van der Waals surface area contributed by atoms with E-state index in [1.54, 1.807) is 18.5 Å². The van der Waals surface area contributed by atoms with Crippen LogP contribution in [0.3, 0.4) is 0 Å². The molecule has 158 valence electrons. The van der Waals surface area contributed by atoms with Gasteiger partial charge >= 0.3 is 0 Å². The summed E-state index contributed by atoms with van der Waals surface area (Å²) in [6, 6.07) is 1.79. The van der Waals surface area contributed by atoms with Crippen LogP contribution in [0.15, 0.2) is 29.7 Å². The van der Waals surface area contributed by atoms with Gasteiger partial charge in [0.25, 0.3) is 11.8 Å². The Morgan fingerprint density at radius 1 is 1.27 bits per heavy atom. The lowest BCUT2D eigenvalue weighted by atomic mass is 10.0. The monoisotopic (exact) mass is 417 g/mol. The minimum absolute atomic E-state index is 0.0798. The lowest BCUT2D eigenvalue weighted by Gasteiger charge is -2.11. The van der Waals surface area contributed by atoms with E-state index >= 15 is 0 Å². The number of nitrogens with one attached hydrogen (secondary N) is 1. The third kappa shape index (κ3) is 4.08. The number of hydrogen-bond acceptors (Lipinski definition) is 7. The van der Waals surface area contributed by atoms with E-state index in [4.69, 9.17) is 20.3 Å². The Balaban J connectivity index is 2.04. The number of aliphatic hydroxyl groups excluding tert-OH is 1. The largest absolute Gasteiger partial charge is 0.479 e. The summed E-state index contributed by atoms with van der Waals surface area (Å²) >= 11 is 0. The Morgan fingerprint density at radius 3 is 2.57 bits per heavy atom. The molecule has 0 aromatic carbocycles. The van der Waals surface area contributed by atoms with E-state index < -0.39 is 11.6 Å². The van der Waals surface area contributed by atoms with E-state index in [2.05, 4.69) is 19.9 Å². The topological polar surface area (TPSA) is 119 Å². The van der Waals surface area contributed by atoms with E-state index in [-0.39, 0.29) is 36.9 Å². The summed E-state index contributed by atoms with van der Waals surface area (Å²) in [5.74, 6) is -2.49. The number of hydrogen-bond donors (Lipinski definition) is 3. The van der Waals surface area contributed by atoms with Crippen LogP contribution in [0.25, 0.3) is 16.6 Å². The quantitative estimate of drug-likeness (QED) is 0.484. The second-order valence-electron chi connectivity index (χ2n) is 6.23. The summed E-state index contributed by atoms with van der Waals surface area (Å²) in [7, 11) is 2.49. The van der Waals surface area contributed by atoms with Gasteiger partial charge in [0.05, 0.1) is 27.4 Å². The number of pyridine rings is 2. The van der Waals surface area contributed by atoms with Crippen molar-refractivity contribution >= 4 is 22.8 Å². The predicted octanol–water partition coefficient (Wildman–Crippen LogP) is 2.21. The Kier molecular flexibility index (Phi) is 6.58. The molecule has 0 spiro atoms. The SMILES string of the molecule is COc1nc(OC)c(F)c(Cc2c[nH]c3ncc(C(C=NCCO)=CN)cc23)c1F. The van der Waals surface area contributed by atoms with Crippen LogP contribution in [0.5, 0.6) is 11.8 Å². The van der Waals surface area contributed by atoms with Gasteiger partial charge in [0.2, 0.25) is 0 Å². The van der Waals surface area contributed by atoms with Crippen molar-refractivity contribution in [1.82, 2.24) is 15.0 Å². The minimum Gasteiger partial charge on any atom is -0.479 e. The van der Waals surface area contributed by atoms with Gasteiger partial charge in [-0.2, -0.15) is 4.98 Å². The van der Waals surface area contributed by atoms with Crippen LogP contribution in [-0.4, -0.2) is 53.6 Å². The summed E-state index contributed by atoms with van der Waals surface area (Å²) < 4.78 is 39.2. The molecule has 10 heteroatoms. The fourth-order valence-corrected chi connectivity index (χ4v) is 2.96. The summed E-state index contributed by atoms with van der Waals surface area (Å²) in [4.78, 5) is 15.1. The lowest BCUT2D eigenvalue weighted by Crippen LogP contribution is -2.06. The van der Waals surface area contributed by atoms with E-state index in [1.807, 2.05) is 0 Å². The minimum atomic E-state index is -0.895. The van der Waals surface area contributed by atoms with Crippen LogP contribution in [0.2, 0.25) is 0 Å². The number of aliphatic hydroxyl groups is 1. The maximum absolute atomic E-state index is 14.7. The molecule has 0 aliphatic rings. The van der Waals surface area contributed by atoms with Crippen molar-refractivity contribution in [2.45, 2.75) is 6.42 Å². The third-order valence-electron chi connectivity index (χ3n) is 4.45. The Labute approximate surface area is 171 Å². The van der Waals surface area contributed by atoms with E-state index in [0.29, 0.717) is 27.7 Å². The van der Waals surface area contributed by atoms with Crippen LogP contribution < -0.4 is 15.2 Å². The summed E-state index contributed by atoms with van der Waals surface area (Å²) in [6.07, 6.45) is 6.05. The molecule has 3 heterocycles. The molecule has 0 bridgehead atoms. The van der Waals surface area contributed by atoms with Gasteiger partial charge in [-0.05, 0) is 11.6 Å². The number of fused-ring (bicyclic) bond motifs is 1. The van der Waals surface area contributed by atoms with Crippen molar-refractivity contribution in [1.29, 1.82) is 0 Å². The molecule has 0 amide bonds. The molecular weight excluding hydrogens is 396 g/mol. The average molecular weight is 417 g/mol.